The Morgan fingerprint density at radius 1 is 1.05 bits per heavy atom. The van der Waals surface area contributed by atoms with Crippen LogP contribution in [-0.2, 0) is 0 Å². The number of nitrogens with one attached hydrogen (secondary N) is 1. The van der Waals surface area contributed by atoms with E-state index in [4.69, 9.17) is 21.1 Å². The lowest BCUT2D eigenvalue weighted by Gasteiger charge is -2.20. The van der Waals surface area contributed by atoms with Crippen LogP contribution in [0.1, 0.15) is 17.2 Å². The van der Waals surface area contributed by atoms with Crippen LogP contribution >= 0.6 is 11.6 Å². The monoisotopic (exact) mass is 309 g/mol. The van der Waals surface area contributed by atoms with Gasteiger partial charge in [-0.25, -0.2) is 4.39 Å². The van der Waals surface area contributed by atoms with Gasteiger partial charge in [0.25, 0.3) is 0 Å². The second-order valence-electron chi connectivity index (χ2n) is 4.47. The van der Waals surface area contributed by atoms with Crippen LogP contribution in [0.15, 0.2) is 36.4 Å². The lowest BCUT2D eigenvalue weighted by Crippen LogP contribution is -2.19. The molecule has 1 atom stereocenters. The highest BCUT2D eigenvalue weighted by Crippen LogP contribution is 2.36. The van der Waals surface area contributed by atoms with Crippen molar-refractivity contribution in [3.63, 3.8) is 0 Å². The molecule has 2 rings (SSSR count). The highest BCUT2D eigenvalue weighted by atomic mass is 35.5. The molecule has 0 fully saturated rings. The van der Waals surface area contributed by atoms with Crippen molar-refractivity contribution in [2.24, 2.45) is 0 Å². The Labute approximate surface area is 128 Å². The number of hydrogen-bond acceptors (Lipinski definition) is 3. The van der Waals surface area contributed by atoms with Gasteiger partial charge in [-0.2, -0.15) is 0 Å². The molecule has 0 saturated heterocycles. The smallest absolute Gasteiger partial charge is 0.163 e. The number of methoxy groups -OCH3 is 2. The lowest BCUT2D eigenvalue weighted by atomic mass is 9.97. The summed E-state index contributed by atoms with van der Waals surface area (Å²) >= 11 is 6.21. The molecule has 0 bridgehead atoms. The van der Waals surface area contributed by atoms with Gasteiger partial charge in [0, 0.05) is 16.7 Å². The first-order valence-corrected chi connectivity index (χ1v) is 6.83. The highest BCUT2D eigenvalue weighted by Gasteiger charge is 2.21. The molecule has 1 N–H and O–H groups in total. The van der Waals surface area contributed by atoms with Crippen molar-refractivity contribution < 1.29 is 13.9 Å². The molecule has 1 unspecified atom stereocenters. The predicted molar refractivity (Wildman–Crippen MR) is 81.9 cm³/mol. The molecular weight excluding hydrogens is 293 g/mol. The van der Waals surface area contributed by atoms with E-state index >= 15 is 0 Å². The molecule has 3 nitrogen and oxygen atoms in total. The Hall–Kier alpha value is -1.78. The van der Waals surface area contributed by atoms with E-state index in [0.717, 1.165) is 5.56 Å². The van der Waals surface area contributed by atoms with Crippen molar-refractivity contribution in [3.8, 4) is 11.5 Å². The molecule has 5 heteroatoms. The molecule has 0 amide bonds. The van der Waals surface area contributed by atoms with Gasteiger partial charge in [0.15, 0.2) is 11.5 Å². The zero-order valence-electron chi connectivity index (χ0n) is 12.1. The Morgan fingerprint density at radius 3 is 2.24 bits per heavy atom. The van der Waals surface area contributed by atoms with Crippen LogP contribution in [0.3, 0.4) is 0 Å². The highest BCUT2D eigenvalue weighted by molar-refractivity contribution is 6.31. The predicted octanol–water partition coefficient (Wildman–Crippen LogP) is 3.81. The molecule has 21 heavy (non-hydrogen) atoms. The van der Waals surface area contributed by atoms with Crippen molar-refractivity contribution in [2.75, 3.05) is 21.3 Å². The summed E-state index contributed by atoms with van der Waals surface area (Å²) in [6, 6.07) is 9.90. The van der Waals surface area contributed by atoms with E-state index in [9.17, 15) is 4.39 Å². The van der Waals surface area contributed by atoms with Crippen LogP contribution in [0.25, 0.3) is 0 Å². The van der Waals surface area contributed by atoms with Crippen LogP contribution in [0.5, 0.6) is 11.5 Å². The van der Waals surface area contributed by atoms with Gasteiger partial charge in [-0.1, -0.05) is 29.8 Å². The summed E-state index contributed by atoms with van der Waals surface area (Å²) in [5.74, 6) is 0.445. The normalized spacial score (nSPS) is 12.0. The average molecular weight is 310 g/mol. The molecule has 0 heterocycles. The first-order chi connectivity index (χ1) is 10.1. The van der Waals surface area contributed by atoms with E-state index in [1.165, 1.54) is 20.3 Å². The van der Waals surface area contributed by atoms with Crippen molar-refractivity contribution in [1.82, 2.24) is 5.32 Å². The third kappa shape index (κ3) is 3.12. The Bertz CT molecular complexity index is 634. The molecule has 2 aromatic rings. The van der Waals surface area contributed by atoms with Gasteiger partial charge in [-0.05, 0) is 24.7 Å². The quantitative estimate of drug-likeness (QED) is 0.911. The van der Waals surface area contributed by atoms with Crippen LogP contribution in [0, 0.1) is 5.82 Å². The SMILES string of the molecule is CNC(c1cc(OC)c(OC)cc1F)c1ccccc1Cl. The first kappa shape index (κ1) is 15.6. The second-order valence-corrected chi connectivity index (χ2v) is 4.88. The van der Waals surface area contributed by atoms with Crippen LogP contribution in [0.4, 0.5) is 4.39 Å². The van der Waals surface area contributed by atoms with E-state index in [1.807, 2.05) is 18.2 Å². The maximum atomic E-state index is 14.4. The Morgan fingerprint density at radius 2 is 1.67 bits per heavy atom. The maximum absolute atomic E-state index is 14.4. The molecule has 0 radical (unpaired) electrons. The molecule has 0 aliphatic rings. The molecule has 0 aliphatic heterocycles. The summed E-state index contributed by atoms with van der Waals surface area (Å²) in [5, 5.41) is 3.66. The van der Waals surface area contributed by atoms with Crippen molar-refractivity contribution >= 4 is 11.6 Å². The molecule has 2 aromatic carbocycles. The summed E-state index contributed by atoms with van der Waals surface area (Å²) in [5.41, 5.74) is 1.25. The zero-order valence-corrected chi connectivity index (χ0v) is 12.9. The zero-order chi connectivity index (χ0) is 15.4. The fourth-order valence-electron chi connectivity index (χ4n) is 2.28. The number of halogens is 2. The van der Waals surface area contributed by atoms with Crippen molar-refractivity contribution in [1.29, 1.82) is 0 Å². The fourth-order valence-corrected chi connectivity index (χ4v) is 2.52. The molecule has 112 valence electrons. The molecule has 0 spiro atoms. The van der Waals surface area contributed by atoms with Crippen molar-refractivity contribution in [2.45, 2.75) is 6.04 Å². The van der Waals surface area contributed by atoms with E-state index in [1.54, 1.807) is 19.2 Å². The number of ether oxygens (including phenoxy) is 2. The fraction of sp³-hybridized carbons (Fsp3) is 0.250. The number of hydrogen-bond donors (Lipinski definition) is 1. The van der Waals surface area contributed by atoms with Crippen LogP contribution in [-0.4, -0.2) is 21.3 Å². The molecule has 0 aromatic heterocycles. The van der Waals surface area contributed by atoms with Gasteiger partial charge in [0.2, 0.25) is 0 Å². The third-order valence-electron chi connectivity index (χ3n) is 3.32. The lowest BCUT2D eigenvalue weighted by molar-refractivity contribution is 0.351. The Balaban J connectivity index is 2.55. The Kier molecular flexibility index (Phi) is 5.04. The summed E-state index contributed by atoms with van der Waals surface area (Å²) in [7, 11) is 4.74. The topological polar surface area (TPSA) is 30.5 Å². The average Bonchev–Trinajstić information content (AvgIpc) is 2.50. The largest absolute Gasteiger partial charge is 0.493 e. The molecule has 0 saturated carbocycles. The maximum Gasteiger partial charge on any atom is 0.163 e. The minimum Gasteiger partial charge on any atom is -0.493 e. The van der Waals surface area contributed by atoms with Gasteiger partial charge < -0.3 is 14.8 Å². The van der Waals surface area contributed by atoms with Gasteiger partial charge in [0.05, 0.1) is 20.3 Å². The second kappa shape index (κ2) is 6.78. The van der Waals surface area contributed by atoms with E-state index in [2.05, 4.69) is 5.32 Å². The van der Waals surface area contributed by atoms with E-state index < -0.39 is 0 Å². The van der Waals surface area contributed by atoms with Gasteiger partial charge >= 0.3 is 0 Å². The van der Waals surface area contributed by atoms with Crippen LogP contribution in [0.2, 0.25) is 5.02 Å². The molecule has 0 aliphatic carbocycles. The van der Waals surface area contributed by atoms with Gasteiger partial charge in [0.1, 0.15) is 5.82 Å². The number of rotatable bonds is 5. The first-order valence-electron chi connectivity index (χ1n) is 6.45. The van der Waals surface area contributed by atoms with E-state index in [-0.39, 0.29) is 11.9 Å². The standard InChI is InChI=1S/C16H17ClFNO2/c1-19-16(10-6-4-5-7-12(10)17)11-8-14(20-2)15(21-3)9-13(11)18/h4-9,16,19H,1-3H3. The van der Waals surface area contributed by atoms with E-state index in [0.29, 0.717) is 22.1 Å². The summed E-state index contributed by atoms with van der Waals surface area (Å²) < 4.78 is 24.7. The van der Waals surface area contributed by atoms with Gasteiger partial charge in [-0.15, -0.1) is 0 Å². The van der Waals surface area contributed by atoms with Crippen LogP contribution < -0.4 is 14.8 Å². The van der Waals surface area contributed by atoms with Gasteiger partial charge in [-0.3, -0.25) is 0 Å². The summed E-state index contributed by atoms with van der Waals surface area (Å²) in [6.45, 7) is 0. The minimum absolute atomic E-state index is 0.354. The van der Waals surface area contributed by atoms with Crippen molar-refractivity contribution in [3.05, 3.63) is 58.4 Å². The summed E-state index contributed by atoms with van der Waals surface area (Å²) in [6.07, 6.45) is 0. The minimum atomic E-state index is -0.382. The third-order valence-corrected chi connectivity index (χ3v) is 3.66. The number of benzene rings is 2. The summed E-state index contributed by atoms with van der Waals surface area (Å²) in [4.78, 5) is 0. The molecular formula is C16H17ClFNO2.